The van der Waals surface area contributed by atoms with Crippen molar-refractivity contribution in [1.29, 1.82) is 0 Å². The van der Waals surface area contributed by atoms with Crippen LogP contribution in [0.4, 0.5) is 5.82 Å². The molecule has 2 rings (SSSR count). The van der Waals surface area contributed by atoms with E-state index in [0.29, 0.717) is 0 Å². The largest absolute Gasteiger partial charge is 0.355 e. The summed E-state index contributed by atoms with van der Waals surface area (Å²) in [4.78, 5) is 6.60. The SMILES string of the molecule is [c]1ccnc(N2CCSCC2)c1. The van der Waals surface area contributed by atoms with Gasteiger partial charge in [-0.3, -0.25) is 0 Å². The van der Waals surface area contributed by atoms with Crippen LogP contribution in [0.2, 0.25) is 0 Å². The zero-order valence-electron chi connectivity index (χ0n) is 6.86. The minimum Gasteiger partial charge on any atom is -0.355 e. The number of rotatable bonds is 1. The van der Waals surface area contributed by atoms with Gasteiger partial charge in [-0.1, -0.05) is 0 Å². The molecule has 2 heterocycles. The minimum atomic E-state index is 1.07. The summed E-state index contributed by atoms with van der Waals surface area (Å²) in [7, 11) is 0. The molecule has 1 fully saturated rings. The third kappa shape index (κ3) is 1.72. The van der Waals surface area contributed by atoms with Crippen LogP contribution in [0.5, 0.6) is 0 Å². The molecule has 0 bridgehead atoms. The predicted octanol–water partition coefficient (Wildman–Crippen LogP) is 1.43. The molecular formula is C9H11N2S. The Morgan fingerprint density at radius 1 is 1.42 bits per heavy atom. The Morgan fingerprint density at radius 2 is 2.25 bits per heavy atom. The average molecular weight is 179 g/mol. The smallest absolute Gasteiger partial charge is 0.129 e. The van der Waals surface area contributed by atoms with E-state index in [0.717, 1.165) is 18.9 Å². The summed E-state index contributed by atoms with van der Waals surface area (Å²) in [6, 6.07) is 6.84. The van der Waals surface area contributed by atoms with Crippen molar-refractivity contribution in [3.05, 3.63) is 24.4 Å². The number of hydrogen-bond acceptors (Lipinski definition) is 3. The quantitative estimate of drug-likeness (QED) is 0.649. The lowest BCUT2D eigenvalue weighted by molar-refractivity contribution is 0.839. The molecule has 63 valence electrons. The van der Waals surface area contributed by atoms with Crippen LogP contribution in [-0.4, -0.2) is 29.6 Å². The molecule has 1 aliphatic heterocycles. The van der Waals surface area contributed by atoms with Gasteiger partial charge in [0.2, 0.25) is 0 Å². The molecule has 1 aromatic heterocycles. The first-order chi connectivity index (χ1) is 5.97. The van der Waals surface area contributed by atoms with E-state index in [1.165, 1.54) is 11.5 Å². The Hall–Kier alpha value is -0.700. The fourth-order valence-corrected chi connectivity index (χ4v) is 2.19. The molecule has 0 unspecified atom stereocenters. The first-order valence-corrected chi connectivity index (χ1v) is 5.27. The third-order valence-electron chi connectivity index (χ3n) is 1.93. The highest BCUT2D eigenvalue weighted by molar-refractivity contribution is 7.99. The van der Waals surface area contributed by atoms with Gasteiger partial charge in [0.25, 0.3) is 0 Å². The van der Waals surface area contributed by atoms with E-state index in [1.54, 1.807) is 6.20 Å². The van der Waals surface area contributed by atoms with E-state index in [9.17, 15) is 0 Å². The lowest BCUT2D eigenvalue weighted by Crippen LogP contribution is -2.32. The highest BCUT2D eigenvalue weighted by Gasteiger charge is 2.10. The average Bonchev–Trinajstić information content (AvgIpc) is 2.21. The fourth-order valence-electron chi connectivity index (χ4n) is 1.28. The van der Waals surface area contributed by atoms with Crippen LogP contribution in [0.3, 0.4) is 0 Å². The molecule has 2 nitrogen and oxygen atoms in total. The van der Waals surface area contributed by atoms with Crippen LogP contribution in [0.1, 0.15) is 0 Å². The molecule has 0 amide bonds. The minimum absolute atomic E-state index is 1.07. The van der Waals surface area contributed by atoms with Crippen molar-refractivity contribution in [3.63, 3.8) is 0 Å². The fraction of sp³-hybridized carbons (Fsp3) is 0.444. The molecule has 1 aromatic rings. The van der Waals surface area contributed by atoms with E-state index >= 15 is 0 Å². The van der Waals surface area contributed by atoms with E-state index in [2.05, 4.69) is 16.0 Å². The first kappa shape index (κ1) is 7.92. The summed E-state index contributed by atoms with van der Waals surface area (Å²) >= 11 is 2.01. The molecule has 3 heteroatoms. The summed E-state index contributed by atoms with van der Waals surface area (Å²) < 4.78 is 0. The van der Waals surface area contributed by atoms with E-state index < -0.39 is 0 Å². The second-order valence-electron chi connectivity index (χ2n) is 2.71. The number of hydrogen-bond donors (Lipinski definition) is 0. The Labute approximate surface area is 77.0 Å². The number of thioether (sulfide) groups is 1. The van der Waals surface area contributed by atoms with Crippen molar-refractivity contribution in [3.8, 4) is 0 Å². The normalized spacial score (nSPS) is 17.8. The molecule has 1 saturated heterocycles. The van der Waals surface area contributed by atoms with Gasteiger partial charge in [-0.25, -0.2) is 4.98 Å². The number of nitrogens with zero attached hydrogens (tertiary/aromatic N) is 2. The summed E-state index contributed by atoms with van der Waals surface area (Å²) in [5.41, 5.74) is 0. The van der Waals surface area contributed by atoms with Crippen molar-refractivity contribution < 1.29 is 0 Å². The number of aromatic nitrogens is 1. The standard InChI is InChI=1S/C9H11N2S/c1-2-4-10-9(3-1)11-5-7-12-8-6-11/h2-4H,5-8H2. The van der Waals surface area contributed by atoms with Gasteiger partial charge in [-0.2, -0.15) is 11.8 Å². The molecule has 0 saturated carbocycles. The van der Waals surface area contributed by atoms with Crippen LogP contribution < -0.4 is 4.90 Å². The zero-order valence-corrected chi connectivity index (χ0v) is 7.68. The van der Waals surface area contributed by atoms with Gasteiger partial charge < -0.3 is 4.90 Å². The predicted molar refractivity (Wildman–Crippen MR) is 52.6 cm³/mol. The van der Waals surface area contributed by atoms with Crippen LogP contribution in [-0.2, 0) is 0 Å². The molecular weight excluding hydrogens is 168 g/mol. The molecule has 0 atom stereocenters. The summed E-state index contributed by atoms with van der Waals surface area (Å²) in [5.74, 6) is 3.51. The Morgan fingerprint density at radius 3 is 2.92 bits per heavy atom. The Balaban J connectivity index is 2.08. The topological polar surface area (TPSA) is 16.1 Å². The maximum Gasteiger partial charge on any atom is 0.129 e. The molecule has 0 N–H and O–H groups in total. The molecule has 0 spiro atoms. The third-order valence-corrected chi connectivity index (χ3v) is 2.87. The maximum atomic E-state index is 4.29. The Kier molecular flexibility index (Phi) is 2.51. The van der Waals surface area contributed by atoms with Crippen molar-refractivity contribution >= 4 is 17.6 Å². The second-order valence-corrected chi connectivity index (χ2v) is 3.94. The second kappa shape index (κ2) is 3.81. The maximum absolute atomic E-state index is 4.29. The van der Waals surface area contributed by atoms with Crippen molar-refractivity contribution in [2.45, 2.75) is 0 Å². The summed E-state index contributed by atoms with van der Waals surface area (Å²) in [6.07, 6.45) is 1.80. The molecule has 1 aliphatic rings. The van der Waals surface area contributed by atoms with Crippen molar-refractivity contribution in [2.75, 3.05) is 29.5 Å². The molecule has 1 radical (unpaired) electrons. The monoisotopic (exact) mass is 179 g/mol. The van der Waals surface area contributed by atoms with E-state index in [1.807, 2.05) is 23.9 Å². The van der Waals surface area contributed by atoms with E-state index in [4.69, 9.17) is 0 Å². The van der Waals surface area contributed by atoms with Gasteiger partial charge in [-0.05, 0) is 18.2 Å². The Bertz CT molecular complexity index is 232. The van der Waals surface area contributed by atoms with Gasteiger partial charge in [-0.15, -0.1) is 0 Å². The van der Waals surface area contributed by atoms with Crippen LogP contribution in [0, 0.1) is 6.07 Å². The van der Waals surface area contributed by atoms with Crippen LogP contribution >= 0.6 is 11.8 Å². The highest BCUT2D eigenvalue weighted by Crippen LogP contribution is 2.15. The van der Waals surface area contributed by atoms with Crippen molar-refractivity contribution in [2.24, 2.45) is 0 Å². The number of pyridine rings is 1. The van der Waals surface area contributed by atoms with Gasteiger partial charge in [0, 0.05) is 30.8 Å². The van der Waals surface area contributed by atoms with Gasteiger partial charge in [0.1, 0.15) is 5.82 Å². The van der Waals surface area contributed by atoms with Gasteiger partial charge in [0.15, 0.2) is 0 Å². The lowest BCUT2D eigenvalue weighted by atomic mass is 10.4. The zero-order chi connectivity index (χ0) is 8.23. The molecule has 12 heavy (non-hydrogen) atoms. The van der Waals surface area contributed by atoms with Gasteiger partial charge >= 0.3 is 0 Å². The molecule has 0 aliphatic carbocycles. The lowest BCUT2D eigenvalue weighted by Gasteiger charge is -2.27. The highest BCUT2D eigenvalue weighted by atomic mass is 32.2. The summed E-state index contributed by atoms with van der Waals surface area (Å²) in [5, 5.41) is 0. The van der Waals surface area contributed by atoms with Gasteiger partial charge in [0.05, 0.1) is 0 Å². The molecule has 0 aromatic carbocycles. The van der Waals surface area contributed by atoms with E-state index in [-0.39, 0.29) is 0 Å². The van der Waals surface area contributed by atoms with Crippen LogP contribution in [0.15, 0.2) is 18.3 Å². The first-order valence-electron chi connectivity index (χ1n) is 4.11. The van der Waals surface area contributed by atoms with Crippen LogP contribution in [0.25, 0.3) is 0 Å². The van der Waals surface area contributed by atoms with Crippen molar-refractivity contribution in [1.82, 2.24) is 4.98 Å². The summed E-state index contributed by atoms with van der Waals surface area (Å²) in [6.45, 7) is 2.24. The number of anilines is 1.